The minimum atomic E-state index is -1.57. The van der Waals surface area contributed by atoms with Crippen molar-refractivity contribution in [2.45, 2.75) is 32.7 Å². The van der Waals surface area contributed by atoms with Crippen molar-refractivity contribution in [1.29, 1.82) is 0 Å². The van der Waals surface area contributed by atoms with Gasteiger partial charge in [-0.15, -0.1) is 0 Å². The Morgan fingerprint density at radius 1 is 1.24 bits per heavy atom. The highest BCUT2D eigenvalue weighted by Gasteiger charge is 2.45. The Bertz CT molecular complexity index is 664. The molecule has 1 aromatic rings. The second-order valence-electron chi connectivity index (χ2n) is 5.29. The molecule has 0 bridgehead atoms. The summed E-state index contributed by atoms with van der Waals surface area (Å²) in [6.07, 6.45) is 3.40. The Labute approximate surface area is 147 Å². The van der Waals surface area contributed by atoms with Gasteiger partial charge in [0.2, 0.25) is 0 Å². The third-order valence-corrected chi connectivity index (χ3v) is 3.50. The Morgan fingerprint density at radius 3 is 2.60 bits per heavy atom. The highest BCUT2D eigenvalue weighted by molar-refractivity contribution is 5.87. The Hall–Kier alpha value is -2.60. The van der Waals surface area contributed by atoms with Gasteiger partial charge in [-0.25, -0.2) is 9.59 Å². The fraction of sp³-hybridized carbons (Fsp3) is 0.368. The third kappa shape index (κ3) is 4.70. The van der Waals surface area contributed by atoms with Crippen LogP contribution < -0.4 is 0 Å². The zero-order valence-electron chi connectivity index (χ0n) is 14.6. The van der Waals surface area contributed by atoms with E-state index in [4.69, 9.17) is 18.9 Å². The van der Waals surface area contributed by atoms with Gasteiger partial charge >= 0.3 is 11.9 Å². The molecule has 6 nitrogen and oxygen atoms in total. The molecule has 0 radical (unpaired) electrons. The quantitative estimate of drug-likeness (QED) is 0.532. The molecule has 0 saturated carbocycles. The van der Waals surface area contributed by atoms with Crippen molar-refractivity contribution in [3.63, 3.8) is 0 Å². The van der Waals surface area contributed by atoms with Crippen molar-refractivity contribution in [2.24, 2.45) is 0 Å². The van der Waals surface area contributed by atoms with E-state index in [1.54, 1.807) is 13.8 Å². The maximum Gasteiger partial charge on any atom is 0.337 e. The number of rotatable bonds is 8. The van der Waals surface area contributed by atoms with E-state index in [-0.39, 0.29) is 25.1 Å². The minimum Gasteiger partial charge on any atom is -0.483 e. The van der Waals surface area contributed by atoms with E-state index < -0.39 is 17.7 Å². The first-order valence-electron chi connectivity index (χ1n) is 8.17. The molecule has 6 heteroatoms. The van der Waals surface area contributed by atoms with Crippen LogP contribution in [0.25, 0.3) is 0 Å². The lowest BCUT2D eigenvalue weighted by molar-refractivity contribution is -0.194. The number of ether oxygens (including phenoxy) is 4. The second-order valence-corrected chi connectivity index (χ2v) is 5.29. The molecule has 0 amide bonds. The van der Waals surface area contributed by atoms with Gasteiger partial charge in [-0.2, -0.15) is 0 Å². The molecule has 0 aliphatic carbocycles. The van der Waals surface area contributed by atoms with Crippen LogP contribution in [-0.4, -0.2) is 30.9 Å². The van der Waals surface area contributed by atoms with Gasteiger partial charge in [0, 0.05) is 18.8 Å². The van der Waals surface area contributed by atoms with Gasteiger partial charge in [-0.3, -0.25) is 0 Å². The maximum absolute atomic E-state index is 11.8. The lowest BCUT2D eigenvalue weighted by Gasteiger charge is -2.28. The molecule has 0 N–H and O–H groups in total. The number of esters is 2. The van der Waals surface area contributed by atoms with Gasteiger partial charge < -0.3 is 18.9 Å². The summed E-state index contributed by atoms with van der Waals surface area (Å²) in [7, 11) is 0. The van der Waals surface area contributed by atoms with Crippen LogP contribution >= 0.6 is 0 Å². The Balaban J connectivity index is 2.24. The van der Waals surface area contributed by atoms with E-state index in [1.165, 1.54) is 18.2 Å². The van der Waals surface area contributed by atoms with Crippen molar-refractivity contribution >= 4 is 11.9 Å². The summed E-state index contributed by atoms with van der Waals surface area (Å²) in [5.41, 5.74) is 0.933. The number of carbonyl (C=O) groups is 2. The average molecular weight is 346 g/mol. The molecule has 1 aliphatic rings. The van der Waals surface area contributed by atoms with Crippen molar-refractivity contribution in [2.75, 3.05) is 13.2 Å². The van der Waals surface area contributed by atoms with Crippen LogP contribution in [-0.2, 0) is 28.5 Å². The van der Waals surface area contributed by atoms with Gasteiger partial charge in [0.25, 0.3) is 5.79 Å². The monoisotopic (exact) mass is 346 g/mol. The summed E-state index contributed by atoms with van der Waals surface area (Å²) in [5.74, 6) is -2.53. The average Bonchev–Trinajstić information content (AvgIpc) is 2.90. The maximum atomic E-state index is 11.8. The second kappa shape index (κ2) is 8.48. The Kier molecular flexibility index (Phi) is 6.36. The minimum absolute atomic E-state index is 0.191. The van der Waals surface area contributed by atoms with E-state index in [9.17, 15) is 9.59 Å². The molecule has 25 heavy (non-hydrogen) atoms. The van der Waals surface area contributed by atoms with Gasteiger partial charge in [0.15, 0.2) is 5.76 Å². The fourth-order valence-electron chi connectivity index (χ4n) is 2.38. The summed E-state index contributed by atoms with van der Waals surface area (Å²) in [6.45, 7) is 5.81. The molecule has 2 rings (SSSR count). The number of cyclic esters (lactones) is 1. The summed E-state index contributed by atoms with van der Waals surface area (Å²) in [6, 6.07) is 9.54. The standard InChI is InChI=1S/C19H22O6/c1-4-22-17(20)11-12-19(23-5-2)16(13-18(21)25-19)24-14(3)15-9-7-6-8-10-15/h6-14H,4-5H2,1-3H3/b12-11+. The van der Waals surface area contributed by atoms with Crippen LogP contribution in [0.2, 0.25) is 0 Å². The van der Waals surface area contributed by atoms with Crippen LogP contribution in [0.1, 0.15) is 32.4 Å². The molecule has 1 aliphatic heterocycles. The van der Waals surface area contributed by atoms with Crippen LogP contribution in [0.5, 0.6) is 0 Å². The van der Waals surface area contributed by atoms with Crippen molar-refractivity contribution < 1.29 is 28.5 Å². The van der Waals surface area contributed by atoms with Crippen LogP contribution in [0.4, 0.5) is 0 Å². The molecular weight excluding hydrogens is 324 g/mol. The van der Waals surface area contributed by atoms with Crippen LogP contribution in [0.15, 0.2) is 54.3 Å². The first kappa shape index (κ1) is 18.7. The summed E-state index contributed by atoms with van der Waals surface area (Å²) in [4.78, 5) is 23.4. The van der Waals surface area contributed by atoms with Crippen LogP contribution in [0, 0.1) is 0 Å². The van der Waals surface area contributed by atoms with Gasteiger partial charge in [-0.1, -0.05) is 30.3 Å². The normalized spacial score (nSPS) is 20.9. The summed E-state index contributed by atoms with van der Waals surface area (Å²) in [5, 5.41) is 0. The lowest BCUT2D eigenvalue weighted by Crippen LogP contribution is -2.35. The zero-order valence-corrected chi connectivity index (χ0v) is 14.6. The molecular formula is C19H22O6. The molecule has 0 fully saturated rings. The predicted molar refractivity (Wildman–Crippen MR) is 90.2 cm³/mol. The summed E-state index contributed by atoms with van der Waals surface area (Å²) < 4.78 is 21.7. The van der Waals surface area contributed by atoms with E-state index in [0.717, 1.165) is 5.56 Å². The highest BCUT2D eigenvalue weighted by atomic mass is 16.7. The first-order chi connectivity index (χ1) is 12.0. The zero-order chi connectivity index (χ0) is 18.3. The van der Waals surface area contributed by atoms with E-state index >= 15 is 0 Å². The van der Waals surface area contributed by atoms with E-state index in [0.29, 0.717) is 0 Å². The van der Waals surface area contributed by atoms with Crippen molar-refractivity contribution in [3.8, 4) is 0 Å². The van der Waals surface area contributed by atoms with Gasteiger partial charge in [-0.05, 0) is 26.3 Å². The molecule has 1 heterocycles. The van der Waals surface area contributed by atoms with E-state index in [1.807, 2.05) is 37.3 Å². The van der Waals surface area contributed by atoms with Gasteiger partial charge in [0.05, 0.1) is 12.7 Å². The first-order valence-corrected chi connectivity index (χ1v) is 8.17. The largest absolute Gasteiger partial charge is 0.483 e. The molecule has 2 unspecified atom stereocenters. The SMILES string of the molecule is CCOC(=O)/C=C/C1(OCC)OC(=O)C=C1OC(C)c1ccccc1. The van der Waals surface area contributed by atoms with Crippen LogP contribution in [0.3, 0.4) is 0 Å². The molecule has 0 saturated heterocycles. The molecule has 0 aromatic heterocycles. The predicted octanol–water partition coefficient (Wildman–Crippen LogP) is 3.06. The van der Waals surface area contributed by atoms with Crippen molar-refractivity contribution in [3.05, 3.63) is 59.9 Å². The smallest absolute Gasteiger partial charge is 0.337 e. The highest BCUT2D eigenvalue weighted by Crippen LogP contribution is 2.35. The number of benzene rings is 1. The van der Waals surface area contributed by atoms with Gasteiger partial charge in [0.1, 0.15) is 6.10 Å². The number of hydrogen-bond acceptors (Lipinski definition) is 6. The lowest BCUT2D eigenvalue weighted by atomic mass is 10.1. The van der Waals surface area contributed by atoms with E-state index in [2.05, 4.69) is 0 Å². The Morgan fingerprint density at radius 2 is 1.96 bits per heavy atom. The molecule has 0 spiro atoms. The summed E-state index contributed by atoms with van der Waals surface area (Å²) >= 11 is 0. The van der Waals surface area contributed by atoms with Crippen molar-refractivity contribution in [1.82, 2.24) is 0 Å². The molecule has 1 aromatic carbocycles. The third-order valence-electron chi connectivity index (χ3n) is 3.50. The molecule has 2 atom stereocenters. The number of hydrogen-bond donors (Lipinski definition) is 0. The molecule has 134 valence electrons. The fourth-order valence-corrected chi connectivity index (χ4v) is 2.38. The number of carbonyl (C=O) groups excluding carboxylic acids is 2. The topological polar surface area (TPSA) is 71.1 Å².